The van der Waals surface area contributed by atoms with E-state index >= 15 is 0 Å². The molecule has 0 radical (unpaired) electrons. The van der Waals surface area contributed by atoms with Crippen LogP contribution in [0, 0.1) is 6.92 Å². The van der Waals surface area contributed by atoms with Crippen molar-refractivity contribution in [2.24, 2.45) is 0 Å². The van der Waals surface area contributed by atoms with Gasteiger partial charge < -0.3 is 10.1 Å². The molecular formula is C18H16Cl2N2O3. The van der Waals surface area contributed by atoms with Crippen molar-refractivity contribution >= 4 is 46.4 Å². The van der Waals surface area contributed by atoms with Gasteiger partial charge in [-0.05, 0) is 49.7 Å². The van der Waals surface area contributed by atoms with Gasteiger partial charge in [-0.15, -0.1) is 0 Å². The first-order chi connectivity index (χ1) is 11.8. The number of halogens is 2. The van der Waals surface area contributed by atoms with E-state index in [1.165, 1.54) is 4.90 Å². The minimum absolute atomic E-state index is 0.147. The summed E-state index contributed by atoms with van der Waals surface area (Å²) in [5.74, 6) is -0.0733. The lowest BCUT2D eigenvalue weighted by Crippen LogP contribution is -2.47. The number of fused-ring (bicyclic) bond motifs is 1. The number of nitrogens with zero attached hydrogens (tertiary/aromatic N) is 1. The molecular weight excluding hydrogens is 363 g/mol. The van der Waals surface area contributed by atoms with Crippen LogP contribution in [0.5, 0.6) is 5.75 Å². The van der Waals surface area contributed by atoms with Crippen LogP contribution in [-0.4, -0.2) is 24.5 Å². The fourth-order valence-corrected chi connectivity index (χ4v) is 2.94. The number of hydrogen-bond acceptors (Lipinski definition) is 3. The average Bonchev–Trinajstić information content (AvgIpc) is 2.56. The number of aryl methyl sites for hydroxylation is 1. The molecule has 0 bridgehead atoms. The summed E-state index contributed by atoms with van der Waals surface area (Å²) in [5.41, 5.74) is 1.95. The van der Waals surface area contributed by atoms with Gasteiger partial charge in [0.25, 0.3) is 5.91 Å². The normalized spacial score (nSPS) is 16.2. The predicted octanol–water partition coefficient (Wildman–Crippen LogP) is 4.05. The summed E-state index contributed by atoms with van der Waals surface area (Å²) in [6, 6.07) is 10.3. The van der Waals surface area contributed by atoms with Crippen molar-refractivity contribution in [3.05, 3.63) is 52.0 Å². The highest BCUT2D eigenvalue weighted by Gasteiger charge is 2.32. The molecule has 1 N–H and O–H groups in total. The number of nitrogens with one attached hydrogen (secondary N) is 1. The summed E-state index contributed by atoms with van der Waals surface area (Å²) in [5, 5.41) is 3.52. The highest BCUT2D eigenvalue weighted by Crippen LogP contribution is 2.35. The molecule has 2 amide bonds. The summed E-state index contributed by atoms with van der Waals surface area (Å²) in [4.78, 5) is 26.3. The molecule has 7 heteroatoms. The van der Waals surface area contributed by atoms with Crippen LogP contribution in [0.3, 0.4) is 0 Å². The number of anilines is 2. The number of carbonyl (C=O) groups excluding carboxylic acids is 2. The Morgan fingerprint density at radius 3 is 2.76 bits per heavy atom. The monoisotopic (exact) mass is 378 g/mol. The zero-order valence-electron chi connectivity index (χ0n) is 13.7. The van der Waals surface area contributed by atoms with Gasteiger partial charge >= 0.3 is 0 Å². The van der Waals surface area contributed by atoms with Gasteiger partial charge in [-0.3, -0.25) is 14.5 Å². The Labute approximate surface area is 155 Å². The molecule has 2 aromatic carbocycles. The van der Waals surface area contributed by atoms with Crippen molar-refractivity contribution < 1.29 is 14.3 Å². The third kappa shape index (κ3) is 3.72. The SMILES string of the molecule is Cc1ccc2c(c1)N(CC(=O)Nc1cc(Cl)ccc1Cl)C(=O)C(C)O2. The molecule has 0 saturated heterocycles. The Bertz CT molecular complexity index is 854. The van der Waals surface area contributed by atoms with E-state index in [4.69, 9.17) is 27.9 Å². The Balaban J connectivity index is 1.84. The molecule has 3 rings (SSSR count). The summed E-state index contributed by atoms with van der Waals surface area (Å²) in [6.45, 7) is 3.42. The van der Waals surface area contributed by atoms with Gasteiger partial charge in [0.05, 0.1) is 16.4 Å². The fraction of sp³-hybridized carbons (Fsp3) is 0.222. The molecule has 0 spiro atoms. The zero-order valence-corrected chi connectivity index (χ0v) is 15.2. The summed E-state index contributed by atoms with van der Waals surface area (Å²) in [6.07, 6.45) is -0.655. The summed E-state index contributed by atoms with van der Waals surface area (Å²) < 4.78 is 5.60. The Morgan fingerprint density at radius 1 is 1.24 bits per heavy atom. The largest absolute Gasteiger partial charge is 0.479 e. The van der Waals surface area contributed by atoms with E-state index in [2.05, 4.69) is 5.32 Å². The zero-order chi connectivity index (χ0) is 18.1. The number of benzene rings is 2. The number of ether oxygens (including phenoxy) is 1. The van der Waals surface area contributed by atoms with Crippen molar-refractivity contribution in [2.75, 3.05) is 16.8 Å². The lowest BCUT2D eigenvalue weighted by Gasteiger charge is -2.32. The van der Waals surface area contributed by atoms with Crippen molar-refractivity contribution in [3.8, 4) is 5.75 Å². The molecule has 0 aromatic heterocycles. The Hall–Kier alpha value is -2.24. The van der Waals surface area contributed by atoms with Crippen molar-refractivity contribution in [1.82, 2.24) is 0 Å². The molecule has 1 aliphatic heterocycles. The van der Waals surface area contributed by atoms with Crippen LogP contribution in [0.2, 0.25) is 10.0 Å². The van der Waals surface area contributed by atoms with Crippen molar-refractivity contribution in [3.63, 3.8) is 0 Å². The van der Waals surface area contributed by atoms with Gasteiger partial charge in [0, 0.05) is 5.02 Å². The molecule has 1 heterocycles. The topological polar surface area (TPSA) is 58.6 Å². The van der Waals surface area contributed by atoms with Crippen LogP contribution < -0.4 is 15.0 Å². The van der Waals surface area contributed by atoms with E-state index in [1.807, 2.05) is 19.1 Å². The summed E-state index contributed by atoms with van der Waals surface area (Å²) in [7, 11) is 0. The van der Waals surface area contributed by atoms with Crippen LogP contribution in [0.1, 0.15) is 12.5 Å². The van der Waals surface area contributed by atoms with E-state index in [9.17, 15) is 9.59 Å². The first-order valence-electron chi connectivity index (χ1n) is 7.69. The molecule has 1 atom stereocenters. The number of hydrogen-bond donors (Lipinski definition) is 1. The molecule has 5 nitrogen and oxygen atoms in total. The molecule has 0 fully saturated rings. The molecule has 1 aliphatic rings. The van der Waals surface area contributed by atoms with E-state index in [-0.39, 0.29) is 18.4 Å². The van der Waals surface area contributed by atoms with E-state index < -0.39 is 6.10 Å². The maximum atomic E-state index is 12.5. The minimum Gasteiger partial charge on any atom is -0.479 e. The van der Waals surface area contributed by atoms with Gasteiger partial charge in [0.1, 0.15) is 12.3 Å². The third-order valence-corrected chi connectivity index (χ3v) is 4.39. The molecule has 0 aliphatic carbocycles. The van der Waals surface area contributed by atoms with Crippen LogP contribution >= 0.6 is 23.2 Å². The Kier molecular flexibility index (Phi) is 4.88. The lowest BCUT2D eigenvalue weighted by molar-refractivity contribution is -0.127. The molecule has 1 unspecified atom stereocenters. The highest BCUT2D eigenvalue weighted by molar-refractivity contribution is 6.35. The van der Waals surface area contributed by atoms with E-state index in [0.29, 0.717) is 27.2 Å². The molecule has 130 valence electrons. The maximum Gasteiger partial charge on any atom is 0.268 e. The number of carbonyl (C=O) groups is 2. The second-order valence-corrected chi connectivity index (χ2v) is 6.67. The van der Waals surface area contributed by atoms with Crippen molar-refractivity contribution in [2.45, 2.75) is 20.0 Å². The van der Waals surface area contributed by atoms with Crippen molar-refractivity contribution in [1.29, 1.82) is 0 Å². The minimum atomic E-state index is -0.655. The fourth-order valence-electron chi connectivity index (χ4n) is 2.61. The smallest absolute Gasteiger partial charge is 0.268 e. The van der Waals surface area contributed by atoms with Gasteiger partial charge in [-0.25, -0.2) is 0 Å². The predicted molar refractivity (Wildman–Crippen MR) is 98.7 cm³/mol. The molecule has 2 aromatic rings. The van der Waals surface area contributed by atoms with E-state index in [0.717, 1.165) is 5.56 Å². The third-order valence-electron chi connectivity index (χ3n) is 3.83. The quantitative estimate of drug-likeness (QED) is 0.875. The van der Waals surface area contributed by atoms with Gasteiger partial charge in [-0.2, -0.15) is 0 Å². The summed E-state index contributed by atoms with van der Waals surface area (Å²) >= 11 is 12.0. The van der Waals surface area contributed by atoms with Gasteiger partial charge in [0.15, 0.2) is 6.10 Å². The lowest BCUT2D eigenvalue weighted by atomic mass is 10.1. The maximum absolute atomic E-state index is 12.5. The molecule has 25 heavy (non-hydrogen) atoms. The first kappa shape index (κ1) is 17.6. The average molecular weight is 379 g/mol. The second kappa shape index (κ2) is 6.94. The van der Waals surface area contributed by atoms with Gasteiger partial charge in [-0.1, -0.05) is 29.3 Å². The first-order valence-corrected chi connectivity index (χ1v) is 8.44. The Morgan fingerprint density at radius 2 is 2.00 bits per heavy atom. The van der Waals surface area contributed by atoms with Crippen LogP contribution in [0.25, 0.3) is 0 Å². The van der Waals surface area contributed by atoms with Crippen LogP contribution in [0.4, 0.5) is 11.4 Å². The highest BCUT2D eigenvalue weighted by atomic mass is 35.5. The van der Waals surface area contributed by atoms with Gasteiger partial charge in [0.2, 0.25) is 5.91 Å². The van der Waals surface area contributed by atoms with E-state index in [1.54, 1.807) is 31.2 Å². The standard InChI is InChI=1S/C18H16Cl2N2O3/c1-10-3-6-16-15(7-10)22(18(24)11(2)25-16)9-17(23)21-14-8-12(19)4-5-13(14)20/h3-8,11H,9H2,1-2H3,(H,21,23). The number of amides is 2. The molecule has 0 saturated carbocycles. The second-order valence-electron chi connectivity index (χ2n) is 5.83. The van der Waals surface area contributed by atoms with Crippen LogP contribution in [0.15, 0.2) is 36.4 Å². The number of rotatable bonds is 3. The van der Waals surface area contributed by atoms with Crippen LogP contribution in [-0.2, 0) is 9.59 Å².